The lowest BCUT2D eigenvalue weighted by atomic mass is 10.1. The molecule has 0 radical (unpaired) electrons. The van der Waals surface area contributed by atoms with Crippen LogP contribution < -0.4 is 15.1 Å². The summed E-state index contributed by atoms with van der Waals surface area (Å²) in [5.41, 5.74) is 1.39. The molecule has 186 valence electrons. The number of pyridine rings is 1. The quantitative estimate of drug-likeness (QED) is 0.458. The van der Waals surface area contributed by atoms with Crippen LogP contribution in [0, 0.1) is 0 Å². The standard InChI is InChI=1S/C24H33N9O2/c1-17(35)19-15-18-16-25-24(28-22(18)23(26-19)33-7-3-2-4-8-33)27-20-5-6-21(30-29-20)32-11-9-31(10-12-32)13-14-34/h5-6,15-17,34-35H,2-4,7-14H2,1H3,(H,25,27,28,29)/t17-/m1/s1. The monoisotopic (exact) mass is 479 g/mol. The van der Waals surface area contributed by atoms with E-state index in [0.29, 0.717) is 24.0 Å². The third-order valence-corrected chi connectivity index (χ3v) is 6.65. The van der Waals surface area contributed by atoms with Gasteiger partial charge < -0.3 is 25.3 Å². The molecule has 5 rings (SSSR count). The van der Waals surface area contributed by atoms with Crippen LogP contribution in [0.4, 0.5) is 23.4 Å². The fraction of sp³-hybridized carbons (Fsp3) is 0.542. The number of nitrogens with one attached hydrogen (secondary N) is 1. The molecular weight excluding hydrogens is 446 g/mol. The molecule has 0 aromatic carbocycles. The first-order chi connectivity index (χ1) is 17.1. The Morgan fingerprint density at radius 1 is 0.971 bits per heavy atom. The zero-order chi connectivity index (χ0) is 24.2. The highest BCUT2D eigenvalue weighted by atomic mass is 16.3. The maximum atomic E-state index is 10.1. The minimum absolute atomic E-state index is 0.189. The van der Waals surface area contributed by atoms with Crippen LogP contribution in [0.1, 0.15) is 38.0 Å². The largest absolute Gasteiger partial charge is 0.395 e. The van der Waals surface area contributed by atoms with Gasteiger partial charge in [-0.15, -0.1) is 10.2 Å². The number of aliphatic hydroxyl groups is 2. The summed E-state index contributed by atoms with van der Waals surface area (Å²) in [5.74, 6) is 2.63. The van der Waals surface area contributed by atoms with E-state index in [1.165, 1.54) is 6.42 Å². The summed E-state index contributed by atoms with van der Waals surface area (Å²) in [5, 5.41) is 32.0. The summed E-state index contributed by atoms with van der Waals surface area (Å²) in [6.07, 6.45) is 4.57. The van der Waals surface area contributed by atoms with Gasteiger partial charge in [-0.25, -0.2) is 15.0 Å². The van der Waals surface area contributed by atoms with Gasteiger partial charge in [0.25, 0.3) is 0 Å². The smallest absolute Gasteiger partial charge is 0.229 e. The van der Waals surface area contributed by atoms with Gasteiger partial charge >= 0.3 is 0 Å². The lowest BCUT2D eigenvalue weighted by Gasteiger charge is -2.34. The molecule has 3 aromatic heterocycles. The molecule has 0 aliphatic carbocycles. The number of fused-ring (bicyclic) bond motifs is 1. The number of nitrogens with zero attached hydrogens (tertiary/aromatic N) is 8. The molecule has 3 N–H and O–H groups in total. The van der Waals surface area contributed by atoms with Crippen LogP contribution in [-0.2, 0) is 0 Å². The number of β-amino-alcohol motifs (C(OH)–C–C–N with tert-alkyl or cyclic N) is 1. The van der Waals surface area contributed by atoms with Crippen molar-refractivity contribution in [2.45, 2.75) is 32.3 Å². The fourth-order valence-electron chi connectivity index (χ4n) is 4.66. The molecule has 0 bridgehead atoms. The van der Waals surface area contributed by atoms with Crippen molar-refractivity contribution in [2.75, 3.05) is 67.5 Å². The molecule has 0 amide bonds. The summed E-state index contributed by atoms with van der Waals surface area (Å²) >= 11 is 0. The normalized spacial score (nSPS) is 18.1. The average molecular weight is 480 g/mol. The van der Waals surface area contributed by atoms with Gasteiger partial charge in [-0.2, -0.15) is 0 Å². The second-order valence-corrected chi connectivity index (χ2v) is 9.18. The first-order valence-corrected chi connectivity index (χ1v) is 12.4. The summed E-state index contributed by atoms with van der Waals surface area (Å²) in [4.78, 5) is 20.7. The van der Waals surface area contributed by atoms with E-state index in [1.807, 2.05) is 18.2 Å². The van der Waals surface area contributed by atoms with Gasteiger partial charge in [0.15, 0.2) is 17.5 Å². The van der Waals surface area contributed by atoms with Crippen LogP contribution in [-0.4, -0.2) is 92.7 Å². The maximum Gasteiger partial charge on any atom is 0.229 e. The van der Waals surface area contributed by atoms with Gasteiger partial charge in [-0.1, -0.05) is 0 Å². The summed E-state index contributed by atoms with van der Waals surface area (Å²) < 4.78 is 0. The van der Waals surface area contributed by atoms with Crippen molar-refractivity contribution < 1.29 is 10.2 Å². The van der Waals surface area contributed by atoms with E-state index in [0.717, 1.165) is 74.6 Å². The van der Waals surface area contributed by atoms with E-state index in [2.05, 4.69) is 35.2 Å². The Kier molecular flexibility index (Phi) is 7.16. The molecule has 1 atom stereocenters. The van der Waals surface area contributed by atoms with E-state index in [9.17, 15) is 5.11 Å². The predicted molar refractivity (Wildman–Crippen MR) is 135 cm³/mol. The van der Waals surface area contributed by atoms with Crippen molar-refractivity contribution in [3.8, 4) is 0 Å². The van der Waals surface area contributed by atoms with Crippen LogP contribution >= 0.6 is 0 Å². The van der Waals surface area contributed by atoms with E-state index in [1.54, 1.807) is 13.1 Å². The predicted octanol–water partition coefficient (Wildman–Crippen LogP) is 1.72. The van der Waals surface area contributed by atoms with Crippen LogP contribution in [0.15, 0.2) is 24.4 Å². The van der Waals surface area contributed by atoms with Crippen LogP contribution in [0.3, 0.4) is 0 Å². The summed E-state index contributed by atoms with van der Waals surface area (Å²) in [6.45, 7) is 8.00. The highest BCUT2D eigenvalue weighted by Crippen LogP contribution is 2.29. The third kappa shape index (κ3) is 5.42. The van der Waals surface area contributed by atoms with Gasteiger partial charge in [-0.3, -0.25) is 4.90 Å². The number of aliphatic hydroxyl groups excluding tert-OH is 2. The van der Waals surface area contributed by atoms with E-state index >= 15 is 0 Å². The molecule has 35 heavy (non-hydrogen) atoms. The topological polar surface area (TPSA) is 127 Å². The van der Waals surface area contributed by atoms with E-state index in [-0.39, 0.29) is 6.61 Å². The molecule has 0 unspecified atom stereocenters. The van der Waals surface area contributed by atoms with Gasteiger partial charge in [0, 0.05) is 57.4 Å². The first-order valence-electron chi connectivity index (χ1n) is 12.4. The number of hydrogen-bond donors (Lipinski definition) is 3. The molecule has 2 aliphatic rings. The number of piperidine rings is 1. The zero-order valence-electron chi connectivity index (χ0n) is 20.1. The lowest BCUT2D eigenvalue weighted by molar-refractivity contribution is 0.188. The Hall–Kier alpha value is -3.15. The lowest BCUT2D eigenvalue weighted by Crippen LogP contribution is -2.47. The number of aromatic nitrogens is 5. The molecule has 2 fully saturated rings. The van der Waals surface area contributed by atoms with Crippen molar-refractivity contribution in [2.24, 2.45) is 0 Å². The minimum atomic E-state index is -0.660. The number of rotatable bonds is 7. The SMILES string of the molecule is C[C@@H](O)c1cc2cnc(Nc3ccc(N4CCN(CCO)CC4)nn3)nc2c(N2CCCCC2)n1. The molecule has 11 heteroatoms. The second-order valence-electron chi connectivity index (χ2n) is 9.18. The molecule has 0 saturated carbocycles. The highest BCUT2D eigenvalue weighted by molar-refractivity contribution is 5.89. The van der Waals surface area contributed by atoms with E-state index in [4.69, 9.17) is 15.1 Å². The maximum absolute atomic E-state index is 10.1. The first kappa shape index (κ1) is 23.6. The number of piperazine rings is 1. The van der Waals surface area contributed by atoms with Crippen LogP contribution in [0.25, 0.3) is 10.9 Å². The fourth-order valence-corrected chi connectivity index (χ4v) is 4.66. The molecule has 0 spiro atoms. The Labute approximate surface area is 204 Å². The summed E-state index contributed by atoms with van der Waals surface area (Å²) in [7, 11) is 0. The molecular formula is C24H33N9O2. The van der Waals surface area contributed by atoms with Gasteiger partial charge in [0.05, 0.1) is 18.4 Å². The van der Waals surface area contributed by atoms with Crippen LogP contribution in [0.2, 0.25) is 0 Å². The number of anilines is 4. The molecule has 2 aliphatic heterocycles. The Balaban J connectivity index is 1.34. The Morgan fingerprint density at radius 2 is 1.77 bits per heavy atom. The molecule has 2 saturated heterocycles. The van der Waals surface area contributed by atoms with Crippen molar-refractivity contribution >= 4 is 34.3 Å². The Bertz CT molecular complexity index is 1130. The zero-order valence-corrected chi connectivity index (χ0v) is 20.1. The van der Waals surface area contributed by atoms with Gasteiger partial charge in [0.2, 0.25) is 5.95 Å². The number of hydrogen-bond acceptors (Lipinski definition) is 11. The molecule has 5 heterocycles. The van der Waals surface area contributed by atoms with Gasteiger partial charge in [-0.05, 0) is 44.4 Å². The minimum Gasteiger partial charge on any atom is -0.395 e. The highest BCUT2D eigenvalue weighted by Gasteiger charge is 2.20. The summed E-state index contributed by atoms with van der Waals surface area (Å²) in [6, 6.07) is 5.69. The second kappa shape index (κ2) is 10.6. The molecule has 11 nitrogen and oxygen atoms in total. The van der Waals surface area contributed by atoms with Crippen molar-refractivity contribution in [1.82, 2.24) is 30.0 Å². The Morgan fingerprint density at radius 3 is 2.46 bits per heavy atom. The van der Waals surface area contributed by atoms with Crippen molar-refractivity contribution in [3.63, 3.8) is 0 Å². The average Bonchev–Trinajstić information content (AvgIpc) is 2.90. The van der Waals surface area contributed by atoms with Crippen LogP contribution in [0.5, 0.6) is 0 Å². The van der Waals surface area contributed by atoms with E-state index < -0.39 is 6.10 Å². The van der Waals surface area contributed by atoms with Crippen molar-refractivity contribution in [3.05, 3.63) is 30.1 Å². The van der Waals surface area contributed by atoms with Crippen molar-refractivity contribution in [1.29, 1.82) is 0 Å². The third-order valence-electron chi connectivity index (χ3n) is 6.65. The van der Waals surface area contributed by atoms with Gasteiger partial charge in [0.1, 0.15) is 5.52 Å². The molecule has 3 aromatic rings.